The van der Waals surface area contributed by atoms with Crippen molar-refractivity contribution in [3.05, 3.63) is 70.3 Å². The molecule has 0 aliphatic heterocycles. The predicted octanol–water partition coefficient (Wildman–Crippen LogP) is 4.47. The number of aliphatic hydroxyl groups is 2. The number of carbonyl (C=O) groups is 2. The van der Waals surface area contributed by atoms with Crippen molar-refractivity contribution in [2.45, 2.75) is 95.9 Å². The summed E-state index contributed by atoms with van der Waals surface area (Å²) < 4.78 is 5.78. The molecule has 1 aliphatic rings. The molecule has 10 heteroatoms. The second kappa shape index (κ2) is 19.8. The van der Waals surface area contributed by atoms with Crippen LogP contribution < -0.4 is 5.32 Å². The molecular formula is C31H46N2O8. The van der Waals surface area contributed by atoms with Crippen LogP contribution in [0.4, 0.5) is 0 Å². The van der Waals surface area contributed by atoms with Gasteiger partial charge in [0.1, 0.15) is 6.10 Å². The molecule has 0 bridgehead atoms. The fraction of sp³-hybridized carbons (Fsp3) is 0.613. The first-order valence-corrected chi connectivity index (χ1v) is 14.8. The van der Waals surface area contributed by atoms with Crippen molar-refractivity contribution in [3.63, 3.8) is 0 Å². The van der Waals surface area contributed by atoms with Gasteiger partial charge in [0.05, 0.1) is 18.8 Å². The molecule has 1 aromatic rings. The number of amides is 1. The summed E-state index contributed by atoms with van der Waals surface area (Å²) in [6.45, 7) is 2.52. The van der Waals surface area contributed by atoms with Crippen LogP contribution in [0.3, 0.4) is 0 Å². The maximum atomic E-state index is 12.6. The van der Waals surface area contributed by atoms with E-state index in [2.05, 4.69) is 10.2 Å². The Kier molecular flexibility index (Phi) is 16.4. The van der Waals surface area contributed by atoms with Gasteiger partial charge in [0.2, 0.25) is 5.91 Å². The lowest BCUT2D eigenvalue weighted by molar-refractivity contribution is -0.757. The first kappa shape index (κ1) is 34.0. The Morgan fingerprint density at radius 3 is 2.61 bits per heavy atom. The molecule has 1 fully saturated rings. The highest BCUT2D eigenvalue weighted by Gasteiger charge is 2.39. The molecular weight excluding hydrogens is 528 g/mol. The summed E-state index contributed by atoms with van der Waals surface area (Å²) in [5.74, 6) is -0.732. The lowest BCUT2D eigenvalue weighted by Crippen LogP contribution is -2.22. The molecule has 1 aliphatic carbocycles. The van der Waals surface area contributed by atoms with E-state index >= 15 is 0 Å². The number of benzene rings is 1. The number of aryl methyl sites for hydroxylation is 1. The van der Waals surface area contributed by atoms with Crippen molar-refractivity contribution in [3.8, 4) is 0 Å². The Balaban J connectivity index is 1.93. The van der Waals surface area contributed by atoms with E-state index in [9.17, 15) is 29.9 Å². The lowest BCUT2D eigenvalue weighted by atomic mass is 9.89. The Morgan fingerprint density at radius 1 is 1.10 bits per heavy atom. The second-order valence-electron chi connectivity index (χ2n) is 10.5. The monoisotopic (exact) mass is 574 g/mol. The molecule has 3 N–H and O–H groups in total. The molecule has 2 rings (SSSR count). The van der Waals surface area contributed by atoms with Gasteiger partial charge in [-0.25, -0.2) is 0 Å². The minimum atomic E-state index is -0.824. The smallest absolute Gasteiger partial charge is 0.306 e. The molecule has 1 saturated carbocycles. The number of esters is 1. The summed E-state index contributed by atoms with van der Waals surface area (Å²) in [7, 11) is 0. The van der Waals surface area contributed by atoms with E-state index in [0.717, 1.165) is 18.4 Å². The Bertz CT molecular complexity index is 968. The average molecular weight is 575 g/mol. The summed E-state index contributed by atoms with van der Waals surface area (Å²) in [6, 6.07) is 9.91. The number of ether oxygens (including phenoxy) is 1. The highest BCUT2D eigenvalue weighted by atomic mass is 16.9. The Morgan fingerprint density at radius 2 is 1.88 bits per heavy atom. The summed E-state index contributed by atoms with van der Waals surface area (Å²) in [5, 5.41) is 33.5. The number of unbranched alkanes of at least 4 members (excludes halogenated alkanes) is 3. The standard InChI is InChI=1S/C31H46N2O8/c1-2-32-30(36)16-10-4-3-9-15-26-27(29(35)23-28(26)34)21-20-25(19-18-24-13-7-5-8-14-24)41-31(37)17-11-6-12-22-40-33(38)39/h3,5,7-9,13-14,20-21,25-29,34-35H,2,4,6,10-12,15-19,22-23H2,1H3,(H,32,36)/b9-3-,21-20+/t25?,26-,27-,28+,29-/m1/s1. The Hall–Kier alpha value is -3.24. The normalized spacial score (nSPS) is 21.2. The van der Waals surface area contributed by atoms with E-state index in [1.165, 1.54) is 0 Å². The van der Waals surface area contributed by atoms with Crippen LogP contribution in [0.2, 0.25) is 0 Å². The van der Waals surface area contributed by atoms with Crippen LogP contribution in [0.25, 0.3) is 0 Å². The van der Waals surface area contributed by atoms with E-state index in [1.54, 1.807) is 0 Å². The third kappa shape index (κ3) is 14.3. The highest BCUT2D eigenvalue weighted by Crippen LogP contribution is 2.36. The van der Waals surface area contributed by atoms with Crippen LogP contribution in [-0.4, -0.2) is 58.6 Å². The van der Waals surface area contributed by atoms with Crippen molar-refractivity contribution in [1.82, 2.24) is 5.32 Å². The third-order valence-corrected chi connectivity index (χ3v) is 7.25. The number of nitrogens with one attached hydrogen (secondary N) is 1. The number of hydrogen-bond donors (Lipinski definition) is 3. The first-order chi connectivity index (χ1) is 19.8. The van der Waals surface area contributed by atoms with Crippen molar-refractivity contribution in [2.24, 2.45) is 11.8 Å². The van der Waals surface area contributed by atoms with Gasteiger partial charge in [-0.3, -0.25) is 9.59 Å². The van der Waals surface area contributed by atoms with Gasteiger partial charge in [0.25, 0.3) is 5.09 Å². The van der Waals surface area contributed by atoms with E-state index in [0.29, 0.717) is 57.9 Å². The number of allylic oxidation sites excluding steroid dienone is 2. The van der Waals surface area contributed by atoms with Crippen LogP contribution in [0.1, 0.15) is 76.7 Å². The topological polar surface area (TPSA) is 148 Å². The van der Waals surface area contributed by atoms with Gasteiger partial charge in [-0.05, 0) is 69.4 Å². The van der Waals surface area contributed by atoms with Crippen molar-refractivity contribution >= 4 is 11.9 Å². The summed E-state index contributed by atoms with van der Waals surface area (Å²) in [5.41, 5.74) is 1.12. The number of hydrogen-bond acceptors (Lipinski definition) is 8. The minimum Gasteiger partial charge on any atom is -0.458 e. The SMILES string of the molecule is CCNC(=O)CCC/C=C\C[C@@H]1[C@@H](/C=C/C(CCc2ccccc2)OC(=O)CCCCCO[N+](=O)[O-])[C@H](O)C[C@@H]1O. The van der Waals surface area contributed by atoms with E-state index in [1.807, 2.05) is 61.6 Å². The number of nitrogens with zero attached hydrogens (tertiary/aromatic N) is 1. The zero-order valence-electron chi connectivity index (χ0n) is 24.1. The van der Waals surface area contributed by atoms with Crippen molar-refractivity contribution in [1.29, 1.82) is 0 Å². The maximum absolute atomic E-state index is 12.6. The molecule has 0 spiro atoms. The van der Waals surface area contributed by atoms with Gasteiger partial charge in [0.15, 0.2) is 0 Å². The number of aliphatic hydroxyl groups excluding tert-OH is 2. The average Bonchev–Trinajstić information content (AvgIpc) is 3.21. The van der Waals surface area contributed by atoms with Crippen LogP contribution >= 0.6 is 0 Å². The fourth-order valence-electron chi connectivity index (χ4n) is 5.06. The second-order valence-corrected chi connectivity index (χ2v) is 10.5. The molecule has 0 radical (unpaired) electrons. The highest BCUT2D eigenvalue weighted by molar-refractivity contribution is 5.75. The largest absolute Gasteiger partial charge is 0.458 e. The van der Waals surface area contributed by atoms with Crippen LogP contribution in [-0.2, 0) is 25.6 Å². The van der Waals surface area contributed by atoms with Gasteiger partial charge >= 0.3 is 5.97 Å². The van der Waals surface area contributed by atoms with E-state index in [-0.39, 0.29) is 36.7 Å². The van der Waals surface area contributed by atoms with Crippen LogP contribution in [0.5, 0.6) is 0 Å². The quantitative estimate of drug-likeness (QED) is 0.0679. The minimum absolute atomic E-state index is 0.00647. The molecule has 0 aromatic heterocycles. The molecule has 1 aromatic carbocycles. The first-order valence-electron chi connectivity index (χ1n) is 14.8. The summed E-state index contributed by atoms with van der Waals surface area (Å²) in [6.07, 6.45) is 11.9. The molecule has 0 saturated heterocycles. The lowest BCUT2D eigenvalue weighted by Gasteiger charge is -2.21. The molecule has 10 nitrogen and oxygen atoms in total. The van der Waals surface area contributed by atoms with Crippen LogP contribution in [0.15, 0.2) is 54.6 Å². The number of carbonyl (C=O) groups excluding carboxylic acids is 2. The molecule has 41 heavy (non-hydrogen) atoms. The van der Waals surface area contributed by atoms with Gasteiger partial charge in [-0.15, -0.1) is 10.1 Å². The van der Waals surface area contributed by atoms with Crippen LogP contribution in [0, 0.1) is 22.0 Å². The van der Waals surface area contributed by atoms with Gasteiger partial charge < -0.3 is 25.1 Å². The maximum Gasteiger partial charge on any atom is 0.306 e. The molecule has 228 valence electrons. The summed E-state index contributed by atoms with van der Waals surface area (Å²) >= 11 is 0. The van der Waals surface area contributed by atoms with Gasteiger partial charge in [-0.1, -0.05) is 55.0 Å². The van der Waals surface area contributed by atoms with Gasteiger partial charge in [-0.2, -0.15) is 0 Å². The third-order valence-electron chi connectivity index (χ3n) is 7.25. The Labute approximate surface area is 242 Å². The van der Waals surface area contributed by atoms with Crippen molar-refractivity contribution in [2.75, 3.05) is 13.2 Å². The zero-order chi connectivity index (χ0) is 29.9. The van der Waals surface area contributed by atoms with Gasteiger partial charge in [0, 0.05) is 31.7 Å². The number of rotatable bonds is 20. The predicted molar refractivity (Wildman–Crippen MR) is 155 cm³/mol. The molecule has 5 atom stereocenters. The van der Waals surface area contributed by atoms with Crippen molar-refractivity contribution < 1.29 is 34.5 Å². The molecule has 1 unspecified atom stereocenters. The van der Waals surface area contributed by atoms with E-state index in [4.69, 9.17) is 4.74 Å². The fourth-order valence-corrected chi connectivity index (χ4v) is 5.06. The zero-order valence-corrected chi connectivity index (χ0v) is 24.1. The molecule has 0 heterocycles. The van der Waals surface area contributed by atoms with E-state index < -0.39 is 23.4 Å². The summed E-state index contributed by atoms with van der Waals surface area (Å²) in [4.78, 5) is 38.7. The molecule has 1 amide bonds.